The second-order valence-electron chi connectivity index (χ2n) is 7.86. The Morgan fingerprint density at radius 2 is 1.68 bits per heavy atom. The van der Waals surface area contributed by atoms with Crippen molar-refractivity contribution in [2.75, 3.05) is 5.75 Å². The first kappa shape index (κ1) is 24.5. The van der Waals surface area contributed by atoms with Crippen molar-refractivity contribution in [3.63, 3.8) is 0 Å². The third-order valence-corrected chi connectivity index (χ3v) is 5.61. The van der Waals surface area contributed by atoms with Crippen molar-refractivity contribution < 1.29 is 14.7 Å². The van der Waals surface area contributed by atoms with Gasteiger partial charge in [-0.3, -0.25) is 4.79 Å². The molecule has 0 spiro atoms. The lowest BCUT2D eigenvalue weighted by atomic mass is 9.87. The second-order valence-corrected chi connectivity index (χ2v) is 8.22. The molecular formula is C20H39NO3S. The Morgan fingerprint density at radius 3 is 2.16 bits per heavy atom. The van der Waals surface area contributed by atoms with Crippen LogP contribution >= 0.6 is 12.6 Å². The normalized spacial score (nSPS) is 17.5. The van der Waals surface area contributed by atoms with E-state index in [4.69, 9.17) is 0 Å². The van der Waals surface area contributed by atoms with Crippen LogP contribution in [0.5, 0.6) is 0 Å². The van der Waals surface area contributed by atoms with Gasteiger partial charge in [-0.25, -0.2) is 0 Å². The van der Waals surface area contributed by atoms with Crippen LogP contribution in [0.2, 0.25) is 0 Å². The Hall–Kier alpha value is -0.550. The molecule has 4 unspecified atom stereocenters. The first-order valence-electron chi connectivity index (χ1n) is 9.80. The molecule has 0 saturated carbocycles. The van der Waals surface area contributed by atoms with E-state index in [0.29, 0.717) is 18.3 Å². The summed E-state index contributed by atoms with van der Waals surface area (Å²) in [4.78, 5) is 22.6. The van der Waals surface area contributed by atoms with Crippen molar-refractivity contribution in [3.05, 3.63) is 0 Å². The van der Waals surface area contributed by atoms with Crippen LogP contribution in [0.1, 0.15) is 79.6 Å². The lowest BCUT2D eigenvalue weighted by Gasteiger charge is -2.29. The number of aliphatic carboxylic acids is 1. The number of carbonyl (C=O) groups is 2. The molecule has 0 aliphatic rings. The third kappa shape index (κ3) is 11.6. The lowest BCUT2D eigenvalue weighted by Crippen LogP contribution is -2.47. The molecule has 2 N–H and O–H groups in total. The predicted molar refractivity (Wildman–Crippen MR) is 108 cm³/mol. The average Bonchev–Trinajstić information content (AvgIpc) is 2.53. The minimum absolute atomic E-state index is 0.152. The molecule has 5 heteroatoms. The first-order chi connectivity index (χ1) is 11.7. The molecule has 0 amide bonds. The summed E-state index contributed by atoms with van der Waals surface area (Å²) in [5.41, 5.74) is 0. The van der Waals surface area contributed by atoms with E-state index >= 15 is 0 Å². The Kier molecular flexibility index (Phi) is 13.3. The average molecular weight is 374 g/mol. The van der Waals surface area contributed by atoms with Crippen molar-refractivity contribution >= 4 is 24.4 Å². The highest BCUT2D eigenvalue weighted by Gasteiger charge is 2.24. The molecule has 0 aromatic heterocycles. The fourth-order valence-corrected chi connectivity index (χ4v) is 3.50. The van der Waals surface area contributed by atoms with Gasteiger partial charge in [0.15, 0.2) is 0 Å². The maximum Gasteiger partial charge on any atom is 0.321 e. The fourth-order valence-electron chi connectivity index (χ4n) is 3.24. The van der Waals surface area contributed by atoms with Crippen molar-refractivity contribution in [1.82, 2.24) is 5.32 Å². The molecule has 4 nitrogen and oxygen atoms in total. The van der Waals surface area contributed by atoms with Gasteiger partial charge in [-0.1, -0.05) is 47.0 Å². The van der Waals surface area contributed by atoms with E-state index in [1.54, 1.807) is 6.92 Å². The van der Waals surface area contributed by atoms with E-state index in [9.17, 15) is 14.7 Å². The molecule has 0 saturated heterocycles. The van der Waals surface area contributed by atoms with Gasteiger partial charge in [0.2, 0.25) is 0 Å². The Labute approximate surface area is 159 Å². The molecule has 25 heavy (non-hydrogen) atoms. The van der Waals surface area contributed by atoms with Crippen molar-refractivity contribution in [2.45, 2.75) is 91.6 Å². The summed E-state index contributed by atoms with van der Waals surface area (Å²) >= 11 is 4.17. The molecule has 0 heterocycles. The van der Waals surface area contributed by atoms with Crippen LogP contribution in [-0.2, 0) is 9.59 Å². The van der Waals surface area contributed by atoms with Gasteiger partial charge in [-0.15, -0.1) is 0 Å². The number of rotatable bonds is 15. The van der Waals surface area contributed by atoms with E-state index in [2.05, 4.69) is 45.6 Å². The first-order valence-corrected chi connectivity index (χ1v) is 10.4. The summed E-state index contributed by atoms with van der Waals surface area (Å²) in [5.74, 6) is 1.16. The number of thiol groups is 1. The van der Waals surface area contributed by atoms with Gasteiger partial charge >= 0.3 is 5.97 Å². The topological polar surface area (TPSA) is 66.4 Å². The molecule has 0 aliphatic carbocycles. The molecule has 148 valence electrons. The maximum absolute atomic E-state index is 11.4. The van der Waals surface area contributed by atoms with Gasteiger partial charge in [0, 0.05) is 18.2 Å². The van der Waals surface area contributed by atoms with Gasteiger partial charge in [0.1, 0.15) is 11.8 Å². The van der Waals surface area contributed by atoms with Gasteiger partial charge in [0.05, 0.1) is 0 Å². The molecular weight excluding hydrogens is 334 g/mol. The number of hydrogen-bond donors (Lipinski definition) is 3. The van der Waals surface area contributed by atoms with E-state index in [0.717, 1.165) is 25.2 Å². The highest BCUT2D eigenvalue weighted by atomic mass is 32.1. The van der Waals surface area contributed by atoms with Gasteiger partial charge in [0.25, 0.3) is 0 Å². The van der Waals surface area contributed by atoms with Crippen LogP contribution in [0.25, 0.3) is 0 Å². The predicted octanol–water partition coefficient (Wildman–Crippen LogP) is 4.58. The maximum atomic E-state index is 11.4. The Balaban J connectivity index is 4.68. The zero-order valence-corrected chi connectivity index (χ0v) is 17.6. The molecule has 0 rings (SSSR count). The summed E-state index contributed by atoms with van der Waals surface area (Å²) in [6.45, 7) is 10.4. The van der Waals surface area contributed by atoms with Crippen LogP contribution in [0, 0.1) is 17.8 Å². The molecule has 5 atom stereocenters. The van der Waals surface area contributed by atoms with E-state index in [1.165, 1.54) is 19.3 Å². The summed E-state index contributed by atoms with van der Waals surface area (Å²) in [5, 5.41) is 12.6. The third-order valence-electron chi connectivity index (χ3n) is 5.24. The van der Waals surface area contributed by atoms with Gasteiger partial charge < -0.3 is 15.2 Å². The zero-order chi connectivity index (χ0) is 19.4. The van der Waals surface area contributed by atoms with Crippen LogP contribution in [-0.4, -0.2) is 34.7 Å². The van der Waals surface area contributed by atoms with Gasteiger partial charge in [-0.2, -0.15) is 12.6 Å². The Morgan fingerprint density at radius 1 is 1.04 bits per heavy atom. The molecule has 0 fully saturated rings. The fraction of sp³-hybridized carbons (Fsp3) is 0.900. The Bertz CT molecular complexity index is 389. The van der Waals surface area contributed by atoms with Crippen LogP contribution in [0.4, 0.5) is 0 Å². The minimum Gasteiger partial charge on any atom is -0.480 e. The number of carboxylic acid groups (broad SMARTS) is 1. The number of nitrogens with one attached hydrogen (secondary N) is 1. The van der Waals surface area contributed by atoms with Crippen LogP contribution in [0.15, 0.2) is 0 Å². The van der Waals surface area contributed by atoms with E-state index in [-0.39, 0.29) is 17.6 Å². The van der Waals surface area contributed by atoms with Crippen LogP contribution in [0.3, 0.4) is 0 Å². The highest BCUT2D eigenvalue weighted by Crippen LogP contribution is 2.22. The molecule has 0 aromatic carbocycles. The minimum atomic E-state index is -0.844. The quantitative estimate of drug-likeness (QED) is 0.368. The zero-order valence-electron chi connectivity index (χ0n) is 16.8. The van der Waals surface area contributed by atoms with Crippen molar-refractivity contribution in [3.8, 4) is 0 Å². The molecule has 0 bridgehead atoms. The van der Waals surface area contributed by atoms with Gasteiger partial charge in [-0.05, 0) is 43.9 Å². The summed E-state index contributed by atoms with van der Waals surface area (Å²) < 4.78 is 0. The highest BCUT2D eigenvalue weighted by molar-refractivity contribution is 7.80. The number of Topliss-reactive ketones (excluding diaryl/α,β-unsaturated/α-hetero) is 1. The van der Waals surface area contributed by atoms with Crippen LogP contribution < -0.4 is 5.32 Å². The largest absolute Gasteiger partial charge is 0.480 e. The number of carboxylic acids is 1. The van der Waals surface area contributed by atoms with E-state index < -0.39 is 12.0 Å². The summed E-state index contributed by atoms with van der Waals surface area (Å²) in [6.07, 6.45) is 7.15. The smallest absolute Gasteiger partial charge is 0.321 e. The number of ketones is 1. The monoisotopic (exact) mass is 373 g/mol. The second kappa shape index (κ2) is 13.6. The summed E-state index contributed by atoms with van der Waals surface area (Å²) in [6, 6.07) is -0.465. The van der Waals surface area contributed by atoms with Crippen molar-refractivity contribution in [2.24, 2.45) is 17.8 Å². The SMILES string of the molecule is CCC(C)CCCC(C)C(CCC(C)CC(C)=O)N[C@@H](CS)C(=O)O. The molecule has 0 aromatic rings. The van der Waals surface area contributed by atoms with E-state index in [1.807, 2.05) is 0 Å². The lowest BCUT2D eigenvalue weighted by molar-refractivity contribution is -0.139. The number of hydrogen-bond acceptors (Lipinski definition) is 4. The standard InChI is InChI=1S/C20H39NO3S/c1-6-14(2)8-7-9-16(4)18(21-19(13-25)20(23)24)11-10-15(3)12-17(5)22/h14-16,18-19,21,25H,6-13H2,1-5H3,(H,23,24)/t14?,15?,16?,18?,19-/m0/s1. The number of carbonyl (C=O) groups excluding carboxylic acids is 1. The molecule has 0 radical (unpaired) electrons. The molecule has 0 aliphatic heterocycles. The summed E-state index contributed by atoms with van der Waals surface area (Å²) in [7, 11) is 0. The van der Waals surface area contributed by atoms with Crippen molar-refractivity contribution in [1.29, 1.82) is 0 Å².